The van der Waals surface area contributed by atoms with Crippen molar-refractivity contribution in [3.8, 4) is 5.75 Å². The molecule has 1 rings (SSSR count). The van der Waals surface area contributed by atoms with E-state index in [1.54, 1.807) is 24.3 Å². The molecule has 2 unspecified atom stereocenters. The van der Waals surface area contributed by atoms with Gasteiger partial charge in [-0.15, -0.1) is 0 Å². The Morgan fingerprint density at radius 2 is 1.95 bits per heavy atom. The lowest BCUT2D eigenvalue weighted by atomic mass is 9.91. The molecule has 122 valence electrons. The van der Waals surface area contributed by atoms with Crippen molar-refractivity contribution < 1.29 is 19.4 Å². The first-order valence-electron chi connectivity index (χ1n) is 7.45. The number of carbonyl (C=O) groups is 2. The van der Waals surface area contributed by atoms with Crippen LogP contribution in [0.15, 0.2) is 30.3 Å². The summed E-state index contributed by atoms with van der Waals surface area (Å²) in [5, 5.41) is 11.9. The number of carboxylic acids is 1. The Kier molecular flexibility index (Phi) is 6.69. The third-order valence-corrected chi connectivity index (χ3v) is 3.60. The van der Waals surface area contributed by atoms with Crippen LogP contribution in [0.1, 0.15) is 39.5 Å². The molecule has 0 aromatic heterocycles. The Hall–Kier alpha value is -2.24. The lowest BCUT2D eigenvalue weighted by Gasteiger charge is -2.37. The number of aliphatic carboxylic acids is 1. The quantitative estimate of drug-likeness (QED) is 0.482. The van der Waals surface area contributed by atoms with Gasteiger partial charge in [-0.1, -0.05) is 38.0 Å². The number of urea groups is 1. The number of amides is 2. The lowest BCUT2D eigenvalue weighted by molar-refractivity contribution is -0.150. The first-order chi connectivity index (χ1) is 10.4. The molecule has 0 saturated carbocycles. The number of ether oxygens (including phenoxy) is 1. The Morgan fingerprint density at radius 1 is 1.32 bits per heavy atom. The molecule has 0 bridgehead atoms. The van der Waals surface area contributed by atoms with Gasteiger partial charge in [0.25, 0.3) is 0 Å². The minimum atomic E-state index is -1.37. The van der Waals surface area contributed by atoms with E-state index in [1.807, 2.05) is 13.0 Å². The van der Waals surface area contributed by atoms with E-state index in [9.17, 15) is 14.7 Å². The molecule has 0 radical (unpaired) electrons. The number of unbranched alkanes of at least 4 members (excludes halogenated alkanes) is 2. The molecule has 0 heterocycles. The van der Waals surface area contributed by atoms with Gasteiger partial charge in [0.05, 0.1) is 0 Å². The fourth-order valence-electron chi connectivity index (χ4n) is 2.30. The minimum absolute atomic E-state index is 0.367. The van der Waals surface area contributed by atoms with Gasteiger partial charge in [-0.05, 0) is 25.5 Å². The molecule has 6 nitrogen and oxygen atoms in total. The molecular formula is C16H24N2O4. The minimum Gasteiger partial charge on any atom is -0.481 e. The van der Waals surface area contributed by atoms with Crippen molar-refractivity contribution in [2.24, 2.45) is 11.7 Å². The van der Waals surface area contributed by atoms with Gasteiger partial charge in [0.1, 0.15) is 11.7 Å². The third-order valence-electron chi connectivity index (χ3n) is 3.60. The molecule has 0 fully saturated rings. The van der Waals surface area contributed by atoms with Crippen molar-refractivity contribution in [2.75, 3.05) is 0 Å². The zero-order valence-corrected chi connectivity index (χ0v) is 13.0. The van der Waals surface area contributed by atoms with Gasteiger partial charge in [-0.25, -0.2) is 4.79 Å². The summed E-state index contributed by atoms with van der Waals surface area (Å²) < 4.78 is 5.89. The van der Waals surface area contributed by atoms with E-state index in [-0.39, 0.29) is 0 Å². The second-order valence-electron chi connectivity index (χ2n) is 5.31. The van der Waals surface area contributed by atoms with Crippen LogP contribution in [0.4, 0.5) is 4.79 Å². The van der Waals surface area contributed by atoms with Crippen LogP contribution >= 0.6 is 0 Å². The van der Waals surface area contributed by atoms with Crippen molar-refractivity contribution in [3.63, 3.8) is 0 Å². The second kappa shape index (κ2) is 8.26. The molecule has 2 atom stereocenters. The van der Waals surface area contributed by atoms with Gasteiger partial charge < -0.3 is 15.6 Å². The van der Waals surface area contributed by atoms with E-state index >= 15 is 0 Å². The topological polar surface area (TPSA) is 102 Å². The maximum absolute atomic E-state index is 11.5. The molecule has 1 aromatic rings. The number of primary amides is 1. The first kappa shape index (κ1) is 17.8. The van der Waals surface area contributed by atoms with Crippen molar-refractivity contribution in [2.45, 2.75) is 45.3 Å². The van der Waals surface area contributed by atoms with Crippen molar-refractivity contribution in [3.05, 3.63) is 30.3 Å². The normalized spacial score (nSPS) is 14.6. The average molecular weight is 308 g/mol. The third kappa shape index (κ3) is 4.95. The van der Waals surface area contributed by atoms with E-state index in [1.165, 1.54) is 6.92 Å². The van der Waals surface area contributed by atoms with E-state index in [0.29, 0.717) is 12.2 Å². The molecule has 6 heteroatoms. The predicted molar refractivity (Wildman–Crippen MR) is 83.5 cm³/mol. The van der Waals surface area contributed by atoms with Gasteiger partial charge in [0.15, 0.2) is 5.72 Å². The summed E-state index contributed by atoms with van der Waals surface area (Å²) in [6, 6.07) is 8.01. The van der Waals surface area contributed by atoms with Gasteiger partial charge in [0, 0.05) is 6.42 Å². The highest BCUT2D eigenvalue weighted by atomic mass is 16.5. The van der Waals surface area contributed by atoms with Gasteiger partial charge in [-0.2, -0.15) is 0 Å². The number of carbonyl (C=O) groups excluding carboxylic acids is 1. The summed E-state index contributed by atoms with van der Waals surface area (Å²) in [7, 11) is 0. The Balaban J connectivity index is 3.11. The van der Waals surface area contributed by atoms with E-state index in [4.69, 9.17) is 10.5 Å². The molecule has 1 aromatic carbocycles. The van der Waals surface area contributed by atoms with Crippen molar-refractivity contribution in [1.82, 2.24) is 5.32 Å². The Morgan fingerprint density at radius 3 is 2.45 bits per heavy atom. The molecule has 0 saturated heterocycles. The van der Waals surface area contributed by atoms with Crippen LogP contribution in [-0.4, -0.2) is 22.8 Å². The molecule has 22 heavy (non-hydrogen) atoms. The van der Waals surface area contributed by atoms with Crippen LogP contribution in [0, 0.1) is 5.92 Å². The molecule has 0 aliphatic rings. The van der Waals surface area contributed by atoms with Crippen LogP contribution in [-0.2, 0) is 4.79 Å². The van der Waals surface area contributed by atoms with Gasteiger partial charge in [-0.3, -0.25) is 10.1 Å². The number of hydrogen-bond acceptors (Lipinski definition) is 3. The molecule has 4 N–H and O–H groups in total. The molecular weight excluding hydrogens is 284 g/mol. The number of benzene rings is 1. The number of para-hydroxylation sites is 1. The highest BCUT2D eigenvalue weighted by Crippen LogP contribution is 2.29. The number of rotatable bonds is 9. The summed E-state index contributed by atoms with van der Waals surface area (Å²) in [4.78, 5) is 22.9. The van der Waals surface area contributed by atoms with Gasteiger partial charge >= 0.3 is 12.0 Å². The summed E-state index contributed by atoms with van der Waals surface area (Å²) in [6.45, 7) is 3.55. The fraction of sp³-hybridized carbons (Fsp3) is 0.500. The van der Waals surface area contributed by atoms with Crippen LogP contribution in [0.3, 0.4) is 0 Å². The highest BCUT2D eigenvalue weighted by Gasteiger charge is 2.43. The number of nitrogens with two attached hydrogens (primary N) is 1. The Bertz CT molecular complexity index is 492. The van der Waals surface area contributed by atoms with E-state index in [2.05, 4.69) is 5.32 Å². The van der Waals surface area contributed by atoms with E-state index < -0.39 is 23.6 Å². The fourth-order valence-corrected chi connectivity index (χ4v) is 2.30. The summed E-state index contributed by atoms with van der Waals surface area (Å²) in [5.41, 5.74) is 3.88. The highest BCUT2D eigenvalue weighted by molar-refractivity contribution is 5.76. The zero-order valence-electron chi connectivity index (χ0n) is 13.0. The van der Waals surface area contributed by atoms with Crippen molar-refractivity contribution >= 4 is 12.0 Å². The van der Waals surface area contributed by atoms with Crippen LogP contribution in [0.25, 0.3) is 0 Å². The number of hydrogen-bond donors (Lipinski definition) is 3. The predicted octanol–water partition coefficient (Wildman–Crippen LogP) is 2.73. The first-order valence-corrected chi connectivity index (χ1v) is 7.45. The summed E-state index contributed by atoms with van der Waals surface area (Å²) in [5.74, 6) is -1.51. The molecule has 0 spiro atoms. The average Bonchev–Trinajstić information content (AvgIpc) is 2.46. The summed E-state index contributed by atoms with van der Waals surface area (Å²) >= 11 is 0. The molecule has 0 aliphatic carbocycles. The molecule has 2 amide bonds. The largest absolute Gasteiger partial charge is 0.481 e. The standard InChI is InChI=1S/C16H24N2O4/c1-3-4-8-11-16(18-15(17)21,12(2)14(19)20)22-13-9-6-5-7-10-13/h5-7,9-10,12H,3-4,8,11H2,1-2H3,(H,19,20)(H3,17,18,21). The van der Waals surface area contributed by atoms with Crippen LogP contribution in [0.2, 0.25) is 0 Å². The maximum atomic E-state index is 11.5. The van der Waals surface area contributed by atoms with Crippen LogP contribution in [0.5, 0.6) is 5.75 Å². The molecule has 0 aliphatic heterocycles. The lowest BCUT2D eigenvalue weighted by Crippen LogP contribution is -2.60. The van der Waals surface area contributed by atoms with Crippen LogP contribution < -0.4 is 15.8 Å². The van der Waals surface area contributed by atoms with Gasteiger partial charge in [0.2, 0.25) is 0 Å². The number of nitrogens with one attached hydrogen (secondary N) is 1. The smallest absolute Gasteiger partial charge is 0.315 e. The second-order valence-corrected chi connectivity index (χ2v) is 5.31. The monoisotopic (exact) mass is 308 g/mol. The summed E-state index contributed by atoms with van der Waals surface area (Å²) in [6.07, 6.45) is 2.97. The van der Waals surface area contributed by atoms with E-state index in [0.717, 1.165) is 19.3 Å². The maximum Gasteiger partial charge on any atom is 0.315 e. The van der Waals surface area contributed by atoms with Crippen molar-refractivity contribution in [1.29, 1.82) is 0 Å². The zero-order chi connectivity index (χ0) is 16.6. The number of carboxylic acid groups (broad SMARTS) is 1. The Labute approximate surface area is 130 Å². The SMILES string of the molecule is CCCCCC(NC(N)=O)(Oc1ccccc1)C(C)C(=O)O.